The summed E-state index contributed by atoms with van der Waals surface area (Å²) in [6.45, 7) is 1.12. The summed E-state index contributed by atoms with van der Waals surface area (Å²) in [6.07, 6.45) is 7.27. The second kappa shape index (κ2) is 6.81. The lowest BCUT2D eigenvalue weighted by molar-refractivity contribution is 0.0823. The topological polar surface area (TPSA) is 45.5 Å². The summed E-state index contributed by atoms with van der Waals surface area (Å²) in [5.74, 6) is 0.330. The maximum atomic E-state index is 12.2. The molecule has 1 aromatic heterocycles. The Balaban J connectivity index is 1.33. The highest BCUT2D eigenvalue weighted by Crippen LogP contribution is 2.35. The van der Waals surface area contributed by atoms with Crippen molar-refractivity contribution in [2.45, 2.75) is 50.2 Å². The third-order valence-electron chi connectivity index (χ3n) is 5.47. The van der Waals surface area contributed by atoms with E-state index in [1.165, 1.54) is 18.4 Å². The Bertz CT molecular complexity index is 654. The minimum Gasteiger partial charge on any atom is -0.459 e. The highest BCUT2D eigenvalue weighted by atomic mass is 16.3. The Morgan fingerprint density at radius 2 is 1.83 bits per heavy atom. The second-order valence-corrected chi connectivity index (χ2v) is 6.98. The van der Waals surface area contributed by atoms with E-state index in [1.807, 2.05) is 0 Å². The van der Waals surface area contributed by atoms with E-state index < -0.39 is 0 Å². The van der Waals surface area contributed by atoms with Gasteiger partial charge in [-0.15, -0.1) is 0 Å². The van der Waals surface area contributed by atoms with Gasteiger partial charge in [0, 0.05) is 24.7 Å². The Kier molecular flexibility index (Phi) is 4.39. The predicted octanol–water partition coefficient (Wildman–Crippen LogP) is 3.25. The molecule has 126 valence electrons. The fraction of sp³-hybridized carbons (Fsp3) is 0.450. The van der Waals surface area contributed by atoms with Gasteiger partial charge >= 0.3 is 0 Å². The minimum absolute atomic E-state index is 0.0814. The quantitative estimate of drug-likeness (QED) is 0.918. The lowest BCUT2D eigenvalue weighted by Gasteiger charge is -2.39. The number of carbonyl (C=O) groups excluding carboxylic acids is 1. The zero-order valence-electron chi connectivity index (χ0n) is 13.9. The molecule has 2 atom stereocenters. The fourth-order valence-corrected chi connectivity index (χ4v) is 4.32. The van der Waals surface area contributed by atoms with Gasteiger partial charge < -0.3 is 9.73 Å². The number of fused-ring (bicyclic) bond motifs is 2. The number of hydrogen-bond donors (Lipinski definition) is 1. The molecule has 2 fully saturated rings. The van der Waals surface area contributed by atoms with Crippen molar-refractivity contribution in [3.63, 3.8) is 0 Å². The van der Waals surface area contributed by atoms with E-state index in [0.29, 0.717) is 17.8 Å². The number of hydrogen-bond acceptors (Lipinski definition) is 3. The van der Waals surface area contributed by atoms with Crippen molar-refractivity contribution < 1.29 is 9.21 Å². The van der Waals surface area contributed by atoms with E-state index in [4.69, 9.17) is 4.42 Å². The van der Waals surface area contributed by atoms with Crippen molar-refractivity contribution in [3.05, 3.63) is 60.1 Å². The van der Waals surface area contributed by atoms with Gasteiger partial charge in [-0.1, -0.05) is 30.3 Å². The summed E-state index contributed by atoms with van der Waals surface area (Å²) < 4.78 is 5.19. The van der Waals surface area contributed by atoms with Crippen LogP contribution in [-0.4, -0.2) is 35.5 Å². The highest BCUT2D eigenvalue weighted by molar-refractivity contribution is 5.91. The van der Waals surface area contributed by atoms with Gasteiger partial charge in [-0.3, -0.25) is 9.69 Å². The van der Waals surface area contributed by atoms with Gasteiger partial charge in [-0.05, 0) is 49.8 Å². The number of furan rings is 1. The predicted molar refractivity (Wildman–Crippen MR) is 92.9 cm³/mol. The summed E-state index contributed by atoms with van der Waals surface area (Å²) in [7, 11) is 0. The van der Waals surface area contributed by atoms with Gasteiger partial charge in [-0.2, -0.15) is 0 Å². The molecule has 2 saturated heterocycles. The first-order valence-corrected chi connectivity index (χ1v) is 8.93. The molecule has 0 saturated carbocycles. The third kappa shape index (κ3) is 3.24. The maximum absolute atomic E-state index is 12.2. The van der Waals surface area contributed by atoms with Crippen molar-refractivity contribution >= 4 is 5.91 Å². The van der Waals surface area contributed by atoms with Crippen LogP contribution < -0.4 is 5.32 Å². The van der Waals surface area contributed by atoms with Crippen LogP contribution in [0.15, 0.2) is 53.1 Å². The second-order valence-electron chi connectivity index (χ2n) is 6.98. The van der Waals surface area contributed by atoms with E-state index >= 15 is 0 Å². The molecule has 0 radical (unpaired) electrons. The number of benzene rings is 1. The molecular formula is C20H24N2O2. The third-order valence-corrected chi connectivity index (χ3v) is 5.47. The molecule has 4 heteroatoms. The van der Waals surface area contributed by atoms with Crippen molar-refractivity contribution in [2.24, 2.45) is 0 Å². The van der Waals surface area contributed by atoms with Crippen molar-refractivity contribution in [1.29, 1.82) is 0 Å². The van der Waals surface area contributed by atoms with Crippen LogP contribution in [0.25, 0.3) is 0 Å². The van der Waals surface area contributed by atoms with Crippen LogP contribution in [-0.2, 0) is 6.42 Å². The van der Waals surface area contributed by atoms with Gasteiger partial charge in [0.1, 0.15) is 0 Å². The molecule has 0 aliphatic carbocycles. The first-order valence-electron chi connectivity index (χ1n) is 8.93. The standard InChI is InChI=1S/C20H24N2O2/c23-20(19-7-4-12-24-19)21-16-13-17-8-9-18(14-16)22(17)11-10-15-5-2-1-3-6-15/h1-7,12,16-18H,8-11,13-14H2,(H,21,23). The van der Waals surface area contributed by atoms with Crippen LogP contribution >= 0.6 is 0 Å². The van der Waals surface area contributed by atoms with Gasteiger partial charge in [0.2, 0.25) is 0 Å². The Hall–Kier alpha value is -2.07. The number of nitrogens with one attached hydrogen (secondary N) is 1. The molecule has 1 aromatic carbocycles. The Labute approximate surface area is 142 Å². The van der Waals surface area contributed by atoms with E-state index in [1.54, 1.807) is 18.4 Å². The van der Waals surface area contributed by atoms with Crippen LogP contribution in [0, 0.1) is 0 Å². The fourth-order valence-electron chi connectivity index (χ4n) is 4.32. The lowest BCUT2D eigenvalue weighted by atomic mass is 9.96. The van der Waals surface area contributed by atoms with Crippen LogP contribution in [0.2, 0.25) is 0 Å². The van der Waals surface area contributed by atoms with Gasteiger partial charge in [-0.25, -0.2) is 0 Å². The Morgan fingerprint density at radius 3 is 2.50 bits per heavy atom. The largest absolute Gasteiger partial charge is 0.459 e. The number of carbonyl (C=O) groups is 1. The van der Waals surface area contributed by atoms with Crippen molar-refractivity contribution in [3.8, 4) is 0 Å². The zero-order chi connectivity index (χ0) is 16.4. The zero-order valence-corrected chi connectivity index (χ0v) is 13.9. The Morgan fingerprint density at radius 1 is 1.08 bits per heavy atom. The smallest absolute Gasteiger partial charge is 0.287 e. The number of piperidine rings is 1. The molecule has 0 spiro atoms. The molecule has 1 amide bonds. The average Bonchev–Trinajstić information content (AvgIpc) is 3.21. The van der Waals surface area contributed by atoms with Crippen LogP contribution in [0.4, 0.5) is 0 Å². The molecule has 1 N–H and O–H groups in total. The first kappa shape index (κ1) is 15.5. The number of nitrogens with zero attached hydrogens (tertiary/aromatic N) is 1. The van der Waals surface area contributed by atoms with Gasteiger partial charge in [0.15, 0.2) is 5.76 Å². The van der Waals surface area contributed by atoms with Gasteiger partial charge in [0.25, 0.3) is 5.91 Å². The normalized spacial score (nSPS) is 26.4. The van der Waals surface area contributed by atoms with E-state index in [0.717, 1.165) is 25.8 Å². The monoisotopic (exact) mass is 324 g/mol. The summed E-state index contributed by atoms with van der Waals surface area (Å²) in [6, 6.07) is 15.7. The lowest BCUT2D eigenvalue weighted by Crippen LogP contribution is -2.50. The molecule has 2 bridgehead atoms. The number of amides is 1. The average molecular weight is 324 g/mol. The summed E-state index contributed by atoms with van der Waals surface area (Å²) in [4.78, 5) is 14.9. The minimum atomic E-state index is -0.0814. The van der Waals surface area contributed by atoms with E-state index in [-0.39, 0.29) is 11.9 Å². The molecule has 4 nitrogen and oxygen atoms in total. The van der Waals surface area contributed by atoms with Crippen LogP contribution in [0.5, 0.6) is 0 Å². The van der Waals surface area contributed by atoms with Crippen LogP contribution in [0.3, 0.4) is 0 Å². The molecule has 24 heavy (non-hydrogen) atoms. The first-order chi connectivity index (χ1) is 11.8. The molecule has 2 aliphatic rings. The van der Waals surface area contributed by atoms with Crippen molar-refractivity contribution in [1.82, 2.24) is 10.2 Å². The highest BCUT2D eigenvalue weighted by Gasteiger charge is 2.40. The molecule has 2 unspecified atom stereocenters. The molecule has 3 heterocycles. The van der Waals surface area contributed by atoms with Crippen molar-refractivity contribution in [2.75, 3.05) is 6.54 Å². The number of rotatable bonds is 5. The summed E-state index contributed by atoms with van der Waals surface area (Å²) >= 11 is 0. The maximum Gasteiger partial charge on any atom is 0.287 e. The summed E-state index contributed by atoms with van der Waals surface area (Å²) in [5.41, 5.74) is 1.41. The summed E-state index contributed by atoms with van der Waals surface area (Å²) in [5, 5.41) is 3.16. The van der Waals surface area contributed by atoms with E-state index in [9.17, 15) is 4.79 Å². The molecule has 4 rings (SSSR count). The molecule has 2 aromatic rings. The van der Waals surface area contributed by atoms with Gasteiger partial charge in [0.05, 0.1) is 6.26 Å². The van der Waals surface area contributed by atoms with E-state index in [2.05, 4.69) is 40.5 Å². The molecule has 2 aliphatic heterocycles. The molecular weight excluding hydrogens is 300 g/mol. The van der Waals surface area contributed by atoms with Crippen LogP contribution in [0.1, 0.15) is 41.8 Å². The SMILES string of the molecule is O=C(NC1CC2CCC(C1)N2CCc1ccccc1)c1ccco1.